The average Bonchev–Trinajstić information content (AvgIpc) is 3.38. The molecule has 1 atom stereocenters. The summed E-state index contributed by atoms with van der Waals surface area (Å²) < 4.78 is 5.90. The standard InChI is InChI=1S/C18H26N2O/c1-2-4-17-15(3-1)12-21-13-18(17)20(16-5-6-16)11-14-7-9-19-10-8-14/h1-4,14,16,18-19H,5-13H2. The van der Waals surface area contributed by atoms with Crippen LogP contribution in [0.25, 0.3) is 0 Å². The second-order valence-electron chi connectivity index (χ2n) is 6.85. The van der Waals surface area contributed by atoms with E-state index in [9.17, 15) is 0 Å². The number of ether oxygens (including phenoxy) is 1. The molecule has 4 rings (SSSR count). The molecule has 1 saturated carbocycles. The van der Waals surface area contributed by atoms with Gasteiger partial charge in [-0.1, -0.05) is 24.3 Å². The Labute approximate surface area is 127 Å². The van der Waals surface area contributed by atoms with E-state index in [-0.39, 0.29) is 0 Å². The maximum absolute atomic E-state index is 5.90. The second kappa shape index (κ2) is 6.07. The summed E-state index contributed by atoms with van der Waals surface area (Å²) in [6, 6.07) is 10.2. The molecule has 21 heavy (non-hydrogen) atoms. The highest BCUT2D eigenvalue weighted by atomic mass is 16.5. The SMILES string of the molecule is c1ccc2c(c1)COCC2N(CC1CCNCC1)C1CC1. The number of nitrogens with zero attached hydrogens (tertiary/aromatic N) is 1. The lowest BCUT2D eigenvalue weighted by atomic mass is 9.93. The van der Waals surface area contributed by atoms with E-state index in [4.69, 9.17) is 4.74 Å². The number of fused-ring (bicyclic) bond motifs is 1. The summed E-state index contributed by atoms with van der Waals surface area (Å²) in [6.45, 7) is 5.31. The van der Waals surface area contributed by atoms with Gasteiger partial charge in [0.25, 0.3) is 0 Å². The monoisotopic (exact) mass is 286 g/mol. The first-order valence-electron chi connectivity index (χ1n) is 8.54. The van der Waals surface area contributed by atoms with E-state index >= 15 is 0 Å². The Morgan fingerprint density at radius 2 is 1.90 bits per heavy atom. The molecule has 2 aliphatic heterocycles. The Kier molecular flexibility index (Phi) is 3.97. The van der Waals surface area contributed by atoms with Crippen molar-refractivity contribution in [1.29, 1.82) is 0 Å². The molecule has 0 spiro atoms. The highest BCUT2D eigenvalue weighted by Gasteiger charge is 2.37. The first-order valence-corrected chi connectivity index (χ1v) is 8.54. The van der Waals surface area contributed by atoms with Crippen molar-refractivity contribution in [1.82, 2.24) is 10.2 Å². The Morgan fingerprint density at radius 1 is 1.10 bits per heavy atom. The molecule has 0 amide bonds. The molecule has 1 aromatic carbocycles. The fraction of sp³-hybridized carbons (Fsp3) is 0.667. The molecule has 2 fully saturated rings. The van der Waals surface area contributed by atoms with Crippen LogP contribution in [0.2, 0.25) is 0 Å². The Bertz CT molecular complexity index is 480. The first-order chi connectivity index (χ1) is 10.4. The molecule has 0 bridgehead atoms. The number of nitrogens with one attached hydrogen (secondary N) is 1. The van der Waals surface area contributed by atoms with Gasteiger partial charge < -0.3 is 10.1 Å². The van der Waals surface area contributed by atoms with Crippen LogP contribution < -0.4 is 5.32 Å². The van der Waals surface area contributed by atoms with Crippen LogP contribution in [0, 0.1) is 5.92 Å². The highest BCUT2D eigenvalue weighted by molar-refractivity contribution is 5.31. The first kappa shape index (κ1) is 13.7. The number of hydrogen-bond acceptors (Lipinski definition) is 3. The lowest BCUT2D eigenvalue weighted by Gasteiger charge is -2.38. The summed E-state index contributed by atoms with van der Waals surface area (Å²) in [5, 5.41) is 3.48. The molecule has 0 radical (unpaired) electrons. The van der Waals surface area contributed by atoms with Crippen molar-refractivity contribution in [2.24, 2.45) is 5.92 Å². The van der Waals surface area contributed by atoms with Gasteiger partial charge in [0.05, 0.1) is 19.3 Å². The number of hydrogen-bond donors (Lipinski definition) is 1. The predicted molar refractivity (Wildman–Crippen MR) is 84.2 cm³/mol. The molecule has 3 heteroatoms. The second-order valence-corrected chi connectivity index (χ2v) is 6.85. The van der Waals surface area contributed by atoms with Gasteiger partial charge in [-0.2, -0.15) is 0 Å². The lowest BCUT2D eigenvalue weighted by Crippen LogP contribution is -2.41. The molecule has 1 N–H and O–H groups in total. The third kappa shape index (κ3) is 3.01. The van der Waals surface area contributed by atoms with Crippen LogP contribution >= 0.6 is 0 Å². The smallest absolute Gasteiger partial charge is 0.0721 e. The molecule has 114 valence electrons. The maximum Gasteiger partial charge on any atom is 0.0721 e. The van der Waals surface area contributed by atoms with Crippen molar-refractivity contribution in [3.63, 3.8) is 0 Å². The molecule has 1 saturated heterocycles. The number of piperidine rings is 1. The molecule has 2 heterocycles. The summed E-state index contributed by atoms with van der Waals surface area (Å²) in [5.41, 5.74) is 2.91. The Morgan fingerprint density at radius 3 is 2.71 bits per heavy atom. The summed E-state index contributed by atoms with van der Waals surface area (Å²) in [5.74, 6) is 0.862. The third-order valence-corrected chi connectivity index (χ3v) is 5.29. The van der Waals surface area contributed by atoms with Crippen molar-refractivity contribution in [2.45, 2.75) is 44.4 Å². The van der Waals surface area contributed by atoms with Gasteiger partial charge in [0.2, 0.25) is 0 Å². The molecule has 1 aromatic rings. The van der Waals surface area contributed by atoms with Crippen LogP contribution in [0.3, 0.4) is 0 Å². The summed E-state index contributed by atoms with van der Waals surface area (Å²) >= 11 is 0. The van der Waals surface area contributed by atoms with E-state index in [1.54, 1.807) is 0 Å². The average molecular weight is 286 g/mol. The molecular weight excluding hydrogens is 260 g/mol. The topological polar surface area (TPSA) is 24.5 Å². The number of rotatable bonds is 4. The van der Waals surface area contributed by atoms with Crippen LogP contribution in [0.5, 0.6) is 0 Å². The van der Waals surface area contributed by atoms with Gasteiger partial charge in [0.1, 0.15) is 0 Å². The molecular formula is C18H26N2O. The molecule has 1 aliphatic carbocycles. The van der Waals surface area contributed by atoms with Gasteiger partial charge in [-0.05, 0) is 55.8 Å². The quantitative estimate of drug-likeness (QED) is 0.921. The van der Waals surface area contributed by atoms with Gasteiger partial charge >= 0.3 is 0 Å². The zero-order valence-electron chi connectivity index (χ0n) is 12.8. The van der Waals surface area contributed by atoms with Crippen molar-refractivity contribution in [3.8, 4) is 0 Å². The summed E-state index contributed by atoms with van der Waals surface area (Å²) in [7, 11) is 0. The molecule has 0 aromatic heterocycles. The van der Waals surface area contributed by atoms with E-state index in [1.807, 2.05) is 0 Å². The van der Waals surface area contributed by atoms with E-state index < -0.39 is 0 Å². The van der Waals surface area contributed by atoms with E-state index in [1.165, 1.54) is 56.4 Å². The molecule has 3 nitrogen and oxygen atoms in total. The van der Waals surface area contributed by atoms with Crippen molar-refractivity contribution in [3.05, 3.63) is 35.4 Å². The minimum Gasteiger partial charge on any atom is -0.375 e. The van der Waals surface area contributed by atoms with Gasteiger partial charge in [0, 0.05) is 12.6 Å². The molecule has 3 aliphatic rings. The van der Waals surface area contributed by atoms with Gasteiger partial charge in [-0.3, -0.25) is 4.90 Å². The van der Waals surface area contributed by atoms with Crippen LogP contribution in [-0.2, 0) is 11.3 Å². The van der Waals surface area contributed by atoms with Gasteiger partial charge in [0.15, 0.2) is 0 Å². The highest BCUT2D eigenvalue weighted by Crippen LogP contribution is 2.38. The van der Waals surface area contributed by atoms with Gasteiger partial charge in [-0.15, -0.1) is 0 Å². The van der Waals surface area contributed by atoms with Crippen molar-refractivity contribution >= 4 is 0 Å². The van der Waals surface area contributed by atoms with Gasteiger partial charge in [-0.25, -0.2) is 0 Å². The summed E-state index contributed by atoms with van der Waals surface area (Å²) in [6.07, 6.45) is 5.42. The van der Waals surface area contributed by atoms with E-state index in [2.05, 4.69) is 34.5 Å². The van der Waals surface area contributed by atoms with Crippen LogP contribution in [0.1, 0.15) is 42.9 Å². The Hall–Kier alpha value is -0.900. The minimum absolute atomic E-state index is 0.484. The van der Waals surface area contributed by atoms with Crippen LogP contribution in [-0.4, -0.2) is 37.2 Å². The largest absolute Gasteiger partial charge is 0.375 e. The zero-order chi connectivity index (χ0) is 14.1. The normalized spacial score (nSPS) is 26.8. The number of benzene rings is 1. The minimum atomic E-state index is 0.484. The Balaban J connectivity index is 1.54. The van der Waals surface area contributed by atoms with Crippen LogP contribution in [0.15, 0.2) is 24.3 Å². The molecule has 1 unspecified atom stereocenters. The fourth-order valence-electron chi connectivity index (χ4n) is 3.93. The van der Waals surface area contributed by atoms with Crippen molar-refractivity contribution < 1.29 is 4.74 Å². The zero-order valence-corrected chi connectivity index (χ0v) is 12.8. The maximum atomic E-state index is 5.90. The van der Waals surface area contributed by atoms with Crippen LogP contribution in [0.4, 0.5) is 0 Å². The summed E-state index contributed by atoms with van der Waals surface area (Å²) in [4.78, 5) is 2.77. The third-order valence-electron chi connectivity index (χ3n) is 5.29. The lowest BCUT2D eigenvalue weighted by molar-refractivity contribution is 0.0200. The van der Waals surface area contributed by atoms with E-state index in [0.717, 1.165) is 25.2 Å². The predicted octanol–water partition coefficient (Wildman–Crippen LogP) is 2.72. The van der Waals surface area contributed by atoms with E-state index in [0.29, 0.717) is 6.04 Å². The fourth-order valence-corrected chi connectivity index (χ4v) is 3.93. The van der Waals surface area contributed by atoms with Crippen molar-refractivity contribution in [2.75, 3.05) is 26.2 Å².